The Morgan fingerprint density at radius 1 is 1.31 bits per heavy atom. The molecule has 2 heterocycles. The number of rotatable bonds is 7. The van der Waals surface area contributed by atoms with E-state index in [2.05, 4.69) is 15.5 Å². The Bertz CT molecular complexity index is 1080. The molecule has 29 heavy (non-hydrogen) atoms. The van der Waals surface area contributed by atoms with Crippen molar-refractivity contribution in [2.45, 2.75) is 33.4 Å². The van der Waals surface area contributed by atoms with E-state index in [0.29, 0.717) is 34.1 Å². The molecule has 3 rings (SSSR count). The summed E-state index contributed by atoms with van der Waals surface area (Å²) in [5, 5.41) is 20.3. The van der Waals surface area contributed by atoms with Crippen LogP contribution in [0.3, 0.4) is 0 Å². The monoisotopic (exact) mass is 419 g/mol. The molecule has 0 aliphatic heterocycles. The third kappa shape index (κ3) is 4.80. The van der Waals surface area contributed by atoms with Crippen molar-refractivity contribution in [1.29, 1.82) is 0 Å². The molecule has 0 aliphatic carbocycles. The normalized spacial score (nSPS) is 10.9. The number of hydrogen-bond acceptors (Lipinski definition) is 4. The highest BCUT2D eigenvalue weighted by molar-refractivity contribution is 6.31. The molecule has 2 aromatic heterocycles. The predicted octanol–water partition coefficient (Wildman–Crippen LogP) is 3.26. The average molecular weight is 420 g/mol. The van der Waals surface area contributed by atoms with E-state index in [-0.39, 0.29) is 18.9 Å². The maximum Gasteiger partial charge on any atom is 0.305 e. The molecule has 1 aromatic carbocycles. The van der Waals surface area contributed by atoms with E-state index in [1.807, 2.05) is 6.92 Å². The molecular formula is C19H19ClFN5O3. The van der Waals surface area contributed by atoms with Crippen molar-refractivity contribution < 1.29 is 19.1 Å². The second-order valence-corrected chi connectivity index (χ2v) is 6.94. The zero-order chi connectivity index (χ0) is 21.1. The molecule has 0 unspecified atom stereocenters. The van der Waals surface area contributed by atoms with Gasteiger partial charge in [0.15, 0.2) is 0 Å². The number of benzene rings is 1. The molecule has 0 radical (unpaired) electrons. The number of nitrogens with one attached hydrogen (secondary N) is 1. The Morgan fingerprint density at radius 2 is 2.07 bits per heavy atom. The number of carbonyl (C=O) groups excluding carboxylic acids is 1. The van der Waals surface area contributed by atoms with Crippen molar-refractivity contribution in [3.63, 3.8) is 0 Å². The van der Waals surface area contributed by atoms with E-state index in [9.17, 15) is 14.0 Å². The van der Waals surface area contributed by atoms with E-state index in [1.165, 1.54) is 29.2 Å². The molecule has 152 valence electrons. The van der Waals surface area contributed by atoms with Crippen LogP contribution in [0.5, 0.6) is 0 Å². The quantitative estimate of drug-likeness (QED) is 0.612. The van der Waals surface area contributed by atoms with E-state index in [0.717, 1.165) is 5.69 Å². The Balaban J connectivity index is 1.74. The molecule has 0 aliphatic rings. The van der Waals surface area contributed by atoms with E-state index >= 15 is 0 Å². The minimum atomic E-state index is -0.938. The van der Waals surface area contributed by atoms with Crippen molar-refractivity contribution in [2.75, 3.05) is 5.32 Å². The van der Waals surface area contributed by atoms with Gasteiger partial charge in [-0.1, -0.05) is 17.7 Å². The highest BCUT2D eigenvalue weighted by Gasteiger charge is 2.17. The van der Waals surface area contributed by atoms with E-state index < -0.39 is 11.8 Å². The van der Waals surface area contributed by atoms with Gasteiger partial charge in [-0.3, -0.25) is 19.0 Å². The smallest absolute Gasteiger partial charge is 0.305 e. The lowest BCUT2D eigenvalue weighted by Gasteiger charge is -2.08. The second-order valence-electron chi connectivity index (χ2n) is 6.53. The summed E-state index contributed by atoms with van der Waals surface area (Å²) in [6.07, 6.45) is 2.79. The van der Waals surface area contributed by atoms with Crippen LogP contribution in [0.4, 0.5) is 10.1 Å². The first-order chi connectivity index (χ1) is 13.7. The number of aliphatic carboxylic acids is 1. The fourth-order valence-electron chi connectivity index (χ4n) is 2.84. The topological polar surface area (TPSA) is 102 Å². The molecule has 2 N–H and O–H groups in total. The van der Waals surface area contributed by atoms with Crippen LogP contribution in [0.25, 0.3) is 0 Å². The Hall–Kier alpha value is -3.20. The lowest BCUT2D eigenvalue weighted by Crippen LogP contribution is -2.13. The van der Waals surface area contributed by atoms with Gasteiger partial charge >= 0.3 is 5.97 Å². The van der Waals surface area contributed by atoms with Gasteiger partial charge in [-0.05, 0) is 31.5 Å². The Morgan fingerprint density at radius 3 is 2.76 bits per heavy atom. The number of anilines is 1. The molecule has 0 spiro atoms. The van der Waals surface area contributed by atoms with E-state index in [1.54, 1.807) is 17.7 Å². The molecule has 0 saturated carbocycles. The SMILES string of the molecule is Cc1nn(Cc2ccc(F)cc2Cl)c(C)c1NC(=O)c1cnn(CCC(=O)O)c1. The largest absolute Gasteiger partial charge is 0.481 e. The van der Waals surface area contributed by atoms with Crippen molar-refractivity contribution in [1.82, 2.24) is 19.6 Å². The van der Waals surface area contributed by atoms with Crippen LogP contribution in [0.15, 0.2) is 30.6 Å². The molecule has 10 heteroatoms. The third-order valence-corrected chi connectivity index (χ3v) is 4.76. The summed E-state index contributed by atoms with van der Waals surface area (Å²) in [7, 11) is 0. The van der Waals surface area contributed by atoms with Gasteiger partial charge < -0.3 is 10.4 Å². The zero-order valence-corrected chi connectivity index (χ0v) is 16.6. The minimum Gasteiger partial charge on any atom is -0.481 e. The number of aromatic nitrogens is 4. The van der Waals surface area contributed by atoms with Gasteiger partial charge in [-0.15, -0.1) is 0 Å². The van der Waals surface area contributed by atoms with Crippen LogP contribution >= 0.6 is 11.6 Å². The van der Waals surface area contributed by atoms with Crippen molar-refractivity contribution >= 4 is 29.2 Å². The Labute approximate surface area is 170 Å². The van der Waals surface area contributed by atoms with E-state index in [4.69, 9.17) is 16.7 Å². The fourth-order valence-corrected chi connectivity index (χ4v) is 3.07. The highest BCUT2D eigenvalue weighted by atomic mass is 35.5. The van der Waals surface area contributed by atoms with Crippen LogP contribution < -0.4 is 5.32 Å². The molecule has 0 saturated heterocycles. The third-order valence-electron chi connectivity index (χ3n) is 4.41. The maximum absolute atomic E-state index is 13.2. The van der Waals surface area contributed by atoms with Crippen LogP contribution in [0.1, 0.15) is 33.7 Å². The standard InChI is InChI=1S/C19H19ClFN5O3/c1-11-18(23-19(29)14-8-22-25(9-14)6-5-17(27)28)12(2)26(24-11)10-13-3-4-15(21)7-16(13)20/h3-4,7-9H,5-6,10H2,1-2H3,(H,23,29)(H,27,28). The van der Waals surface area contributed by atoms with Gasteiger partial charge in [0.25, 0.3) is 5.91 Å². The summed E-state index contributed by atoms with van der Waals surface area (Å²) < 4.78 is 16.3. The first-order valence-corrected chi connectivity index (χ1v) is 9.16. The first kappa shape index (κ1) is 20.5. The average Bonchev–Trinajstić information content (AvgIpc) is 3.23. The summed E-state index contributed by atoms with van der Waals surface area (Å²) in [5.74, 6) is -1.73. The maximum atomic E-state index is 13.2. The number of carbonyl (C=O) groups is 2. The van der Waals surface area contributed by atoms with Gasteiger partial charge in [0.2, 0.25) is 0 Å². The molecule has 3 aromatic rings. The van der Waals surface area contributed by atoms with Crippen molar-refractivity contribution in [3.8, 4) is 0 Å². The summed E-state index contributed by atoms with van der Waals surface area (Å²) in [5.41, 5.74) is 2.91. The lowest BCUT2D eigenvalue weighted by atomic mass is 10.2. The van der Waals surface area contributed by atoms with Gasteiger partial charge in [-0.2, -0.15) is 10.2 Å². The van der Waals surface area contributed by atoms with Crippen LogP contribution in [-0.2, 0) is 17.9 Å². The lowest BCUT2D eigenvalue weighted by molar-refractivity contribution is -0.137. The van der Waals surface area contributed by atoms with Crippen molar-refractivity contribution in [3.05, 3.63) is 63.9 Å². The van der Waals surface area contributed by atoms with Crippen LogP contribution in [-0.4, -0.2) is 36.5 Å². The van der Waals surface area contributed by atoms with Gasteiger partial charge in [0.05, 0.1) is 48.3 Å². The van der Waals surface area contributed by atoms with Gasteiger partial charge in [0.1, 0.15) is 5.82 Å². The number of carboxylic acid groups (broad SMARTS) is 1. The summed E-state index contributed by atoms with van der Waals surface area (Å²) in [4.78, 5) is 23.2. The van der Waals surface area contributed by atoms with Crippen LogP contribution in [0, 0.1) is 19.7 Å². The molecule has 0 atom stereocenters. The zero-order valence-electron chi connectivity index (χ0n) is 15.8. The molecule has 0 bridgehead atoms. The van der Waals surface area contributed by atoms with Crippen LogP contribution in [0.2, 0.25) is 5.02 Å². The molecule has 8 nitrogen and oxygen atoms in total. The first-order valence-electron chi connectivity index (χ1n) is 8.78. The number of halogens is 2. The second kappa shape index (κ2) is 8.44. The molecule has 0 fully saturated rings. The number of nitrogens with zero attached hydrogens (tertiary/aromatic N) is 4. The van der Waals surface area contributed by atoms with Gasteiger partial charge in [-0.25, -0.2) is 4.39 Å². The fraction of sp³-hybridized carbons (Fsp3) is 0.263. The van der Waals surface area contributed by atoms with Crippen molar-refractivity contribution in [2.24, 2.45) is 0 Å². The summed E-state index contributed by atoms with van der Waals surface area (Å²) >= 11 is 6.09. The number of hydrogen-bond donors (Lipinski definition) is 2. The predicted molar refractivity (Wildman–Crippen MR) is 105 cm³/mol. The minimum absolute atomic E-state index is 0.0837. The Kier molecular flexibility index (Phi) is 5.97. The number of carboxylic acids is 1. The highest BCUT2D eigenvalue weighted by Crippen LogP contribution is 2.24. The molecular weight excluding hydrogens is 401 g/mol. The number of aryl methyl sites for hydroxylation is 2. The summed E-state index contributed by atoms with van der Waals surface area (Å²) in [6.45, 7) is 4.08. The number of amides is 1. The molecule has 1 amide bonds. The van der Waals surface area contributed by atoms with Gasteiger partial charge in [0, 0.05) is 11.2 Å². The summed E-state index contributed by atoms with van der Waals surface area (Å²) in [6, 6.07) is 4.17.